The van der Waals surface area contributed by atoms with E-state index in [4.69, 9.17) is 18.9 Å². The fourth-order valence-electron chi connectivity index (χ4n) is 6.04. The van der Waals surface area contributed by atoms with Gasteiger partial charge in [-0.05, 0) is 61.4 Å². The van der Waals surface area contributed by atoms with Gasteiger partial charge in [-0.2, -0.15) is 0 Å². The fourth-order valence-corrected chi connectivity index (χ4v) is 7.99. The van der Waals surface area contributed by atoms with Gasteiger partial charge in [0.05, 0.1) is 12.8 Å². The second kappa shape index (κ2) is 22.5. The summed E-state index contributed by atoms with van der Waals surface area (Å²) in [6.07, 6.45) is -0.00512. The first-order valence-corrected chi connectivity index (χ1v) is 21.2. The molecule has 0 bridgehead atoms. The standard InChI is InChI=1S/C48H44O12S2/c1-29(2)47(55)59-25-23-57-41(51)21-15-33(49)27-31-11-17-35(18-12-31)61-39-9-5-7-37-43(39)46(54)44-38(45(37)53)8-6-10-40(44)62-36-19-13-32(14-20-36)28-34(50)16-22-42(52)58-24-26-60-48(56)30(3)4/h5-14,17-20H,1,3,15-16,21-28H2,2,4H3. The van der Waals surface area contributed by atoms with Crippen LogP contribution in [-0.4, -0.2) is 73.4 Å². The molecule has 62 heavy (non-hydrogen) atoms. The van der Waals surface area contributed by atoms with E-state index < -0.39 is 23.9 Å². The quantitative estimate of drug-likeness (QED) is 0.0284. The molecule has 0 amide bonds. The Morgan fingerprint density at radius 2 is 0.855 bits per heavy atom. The summed E-state index contributed by atoms with van der Waals surface area (Å²) in [5.74, 6) is -3.12. The Hall–Kier alpha value is -6.38. The third-order valence-electron chi connectivity index (χ3n) is 9.17. The summed E-state index contributed by atoms with van der Waals surface area (Å²) in [4.78, 5) is 103. The van der Waals surface area contributed by atoms with E-state index in [1.807, 2.05) is 24.3 Å². The van der Waals surface area contributed by atoms with Crippen LogP contribution in [0.3, 0.4) is 0 Å². The maximum Gasteiger partial charge on any atom is 0.333 e. The molecule has 1 aliphatic rings. The lowest BCUT2D eigenvalue weighted by atomic mass is 9.84. The minimum absolute atomic E-state index is 0.0101. The average Bonchev–Trinajstić information content (AvgIpc) is 3.25. The van der Waals surface area contributed by atoms with E-state index in [-0.39, 0.29) is 99.2 Å². The van der Waals surface area contributed by atoms with Crippen LogP contribution in [0, 0.1) is 0 Å². The zero-order valence-electron chi connectivity index (χ0n) is 34.3. The zero-order chi connectivity index (χ0) is 44.8. The van der Waals surface area contributed by atoms with Gasteiger partial charge in [-0.3, -0.25) is 28.8 Å². The Kier molecular flexibility index (Phi) is 16.9. The van der Waals surface area contributed by atoms with Crippen LogP contribution in [0.4, 0.5) is 0 Å². The largest absolute Gasteiger partial charge is 0.462 e. The van der Waals surface area contributed by atoms with Crippen molar-refractivity contribution >= 4 is 70.5 Å². The number of carbonyl (C=O) groups is 8. The molecular formula is C48H44O12S2. The number of ether oxygens (including phenoxy) is 4. The number of Topliss-reactive ketones (excluding diaryl/α,β-unsaturated/α-hetero) is 2. The van der Waals surface area contributed by atoms with Gasteiger partial charge in [0.15, 0.2) is 11.6 Å². The van der Waals surface area contributed by atoms with Gasteiger partial charge in [0.1, 0.15) is 38.0 Å². The van der Waals surface area contributed by atoms with Gasteiger partial charge >= 0.3 is 23.9 Å². The summed E-state index contributed by atoms with van der Waals surface area (Å²) in [6, 6.07) is 24.9. The second-order valence-electron chi connectivity index (χ2n) is 14.2. The molecule has 0 unspecified atom stereocenters. The molecule has 4 aromatic carbocycles. The van der Waals surface area contributed by atoms with E-state index in [0.29, 0.717) is 32.0 Å². The SMILES string of the molecule is C=C(C)C(=O)OCCOC(=O)CCC(=O)Cc1ccc(Sc2cccc3c2C(=O)c2c(Sc4ccc(CC(=O)CCC(=O)OCCOC(=O)C(=C)C)cc4)cccc2C3=O)cc1. The first-order chi connectivity index (χ1) is 29.7. The van der Waals surface area contributed by atoms with Crippen LogP contribution in [-0.2, 0) is 60.6 Å². The van der Waals surface area contributed by atoms with Crippen LogP contribution >= 0.6 is 23.5 Å². The molecule has 0 atom stereocenters. The van der Waals surface area contributed by atoms with Gasteiger partial charge in [-0.1, -0.05) is 85.2 Å². The Balaban J connectivity index is 1.15. The first kappa shape index (κ1) is 46.7. The van der Waals surface area contributed by atoms with Crippen LogP contribution in [0.25, 0.3) is 0 Å². The third-order valence-corrected chi connectivity index (χ3v) is 11.3. The lowest BCUT2D eigenvalue weighted by Crippen LogP contribution is -2.22. The maximum atomic E-state index is 14.3. The molecule has 0 spiro atoms. The van der Waals surface area contributed by atoms with E-state index in [1.54, 1.807) is 60.7 Å². The van der Waals surface area contributed by atoms with E-state index in [9.17, 15) is 38.4 Å². The highest BCUT2D eigenvalue weighted by Gasteiger charge is 2.34. The van der Waals surface area contributed by atoms with Crippen LogP contribution in [0.2, 0.25) is 0 Å². The molecule has 0 saturated carbocycles. The first-order valence-electron chi connectivity index (χ1n) is 19.6. The molecule has 0 aromatic heterocycles. The summed E-state index contributed by atoms with van der Waals surface area (Å²) in [6.45, 7) is 9.53. The Morgan fingerprint density at radius 1 is 0.484 bits per heavy atom. The van der Waals surface area contributed by atoms with Gasteiger partial charge in [-0.15, -0.1) is 0 Å². The summed E-state index contributed by atoms with van der Waals surface area (Å²) >= 11 is 2.66. The van der Waals surface area contributed by atoms with Crippen LogP contribution in [0.15, 0.2) is 129 Å². The second-order valence-corrected chi connectivity index (χ2v) is 16.4. The number of carbonyl (C=O) groups excluding carboxylic acids is 8. The minimum atomic E-state index is -0.575. The molecule has 4 aromatic rings. The number of esters is 4. The number of fused-ring (bicyclic) bond motifs is 2. The Morgan fingerprint density at radius 3 is 1.23 bits per heavy atom. The molecule has 12 nitrogen and oxygen atoms in total. The highest BCUT2D eigenvalue weighted by Crippen LogP contribution is 2.41. The highest BCUT2D eigenvalue weighted by atomic mass is 32.2. The summed E-state index contributed by atoms with van der Waals surface area (Å²) in [5.41, 5.74) is 3.22. The molecule has 0 aliphatic heterocycles. The smallest absolute Gasteiger partial charge is 0.333 e. The molecule has 5 rings (SSSR count). The maximum absolute atomic E-state index is 14.3. The van der Waals surface area contributed by atoms with E-state index in [0.717, 1.165) is 20.9 Å². The number of benzene rings is 4. The van der Waals surface area contributed by atoms with Gasteiger partial charge < -0.3 is 18.9 Å². The molecule has 1 aliphatic carbocycles. The number of ketones is 4. The topological polar surface area (TPSA) is 173 Å². The molecule has 14 heteroatoms. The van der Waals surface area contributed by atoms with Crippen LogP contribution in [0.5, 0.6) is 0 Å². The van der Waals surface area contributed by atoms with E-state index >= 15 is 0 Å². The van der Waals surface area contributed by atoms with Crippen molar-refractivity contribution in [3.05, 3.63) is 143 Å². The lowest BCUT2D eigenvalue weighted by Gasteiger charge is -2.22. The normalized spacial score (nSPS) is 11.5. The average molecular weight is 877 g/mol. The summed E-state index contributed by atoms with van der Waals surface area (Å²) < 4.78 is 19.8. The van der Waals surface area contributed by atoms with Crippen molar-refractivity contribution in [3.8, 4) is 0 Å². The highest BCUT2D eigenvalue weighted by molar-refractivity contribution is 7.99. The monoisotopic (exact) mass is 876 g/mol. The van der Waals surface area contributed by atoms with Crippen molar-refractivity contribution in [2.24, 2.45) is 0 Å². The van der Waals surface area contributed by atoms with Crippen molar-refractivity contribution in [2.45, 2.75) is 72.0 Å². The lowest BCUT2D eigenvalue weighted by molar-refractivity contribution is -0.150. The summed E-state index contributed by atoms with van der Waals surface area (Å²) in [5, 5.41) is 0. The van der Waals surface area contributed by atoms with Crippen LogP contribution < -0.4 is 0 Å². The Bertz CT molecular complexity index is 2250. The van der Waals surface area contributed by atoms with Crippen molar-refractivity contribution in [3.63, 3.8) is 0 Å². The van der Waals surface area contributed by atoms with Gasteiger partial charge in [0, 0.05) is 78.7 Å². The molecule has 0 heterocycles. The molecule has 0 radical (unpaired) electrons. The predicted octanol–water partition coefficient (Wildman–Crippen LogP) is 7.87. The van der Waals surface area contributed by atoms with Gasteiger partial charge in [0.25, 0.3) is 0 Å². The number of hydrogen-bond donors (Lipinski definition) is 0. The van der Waals surface area contributed by atoms with Crippen LogP contribution in [0.1, 0.15) is 82.5 Å². The number of hydrogen-bond acceptors (Lipinski definition) is 14. The van der Waals surface area contributed by atoms with Gasteiger partial charge in [0.2, 0.25) is 0 Å². The zero-order valence-corrected chi connectivity index (χ0v) is 35.9. The summed E-state index contributed by atoms with van der Waals surface area (Å²) in [7, 11) is 0. The molecule has 0 N–H and O–H groups in total. The predicted molar refractivity (Wildman–Crippen MR) is 230 cm³/mol. The molecular weight excluding hydrogens is 833 g/mol. The van der Waals surface area contributed by atoms with Crippen molar-refractivity contribution in [1.29, 1.82) is 0 Å². The number of rotatable bonds is 22. The fraction of sp³-hybridized carbons (Fsp3) is 0.250. The third kappa shape index (κ3) is 13.3. The molecule has 0 saturated heterocycles. The molecule has 320 valence electrons. The molecule has 0 fully saturated rings. The van der Waals surface area contributed by atoms with Crippen molar-refractivity contribution < 1.29 is 57.3 Å². The Labute approximate surface area is 367 Å². The van der Waals surface area contributed by atoms with Crippen molar-refractivity contribution in [2.75, 3.05) is 26.4 Å². The van der Waals surface area contributed by atoms with E-state index in [1.165, 1.54) is 37.4 Å². The minimum Gasteiger partial charge on any atom is -0.462 e. The van der Waals surface area contributed by atoms with Gasteiger partial charge in [-0.25, -0.2) is 9.59 Å². The van der Waals surface area contributed by atoms with Crippen molar-refractivity contribution in [1.82, 2.24) is 0 Å². The van der Waals surface area contributed by atoms with E-state index in [2.05, 4.69) is 13.2 Å².